The average molecular weight is 201 g/mol. The lowest BCUT2D eigenvalue weighted by Crippen LogP contribution is -2.10. The smallest absolute Gasteiger partial charge is 0.0934 e. The molecule has 0 saturated heterocycles. The highest BCUT2D eigenvalue weighted by atomic mass is 14.8. The van der Waals surface area contributed by atoms with Crippen molar-refractivity contribution in [1.82, 2.24) is 9.97 Å². The van der Waals surface area contributed by atoms with E-state index in [4.69, 9.17) is 5.73 Å². The van der Waals surface area contributed by atoms with Crippen LogP contribution in [0, 0.1) is 0 Å². The number of rotatable bonds is 3. The van der Waals surface area contributed by atoms with E-state index in [1.165, 1.54) is 0 Å². The number of para-hydroxylation sites is 1. The fraction of sp³-hybridized carbons (Fsp3) is 0.333. The molecule has 0 fully saturated rings. The Kier molecular flexibility index (Phi) is 2.92. The van der Waals surface area contributed by atoms with Gasteiger partial charge in [-0.2, -0.15) is 0 Å². The Morgan fingerprint density at radius 3 is 2.87 bits per heavy atom. The van der Waals surface area contributed by atoms with E-state index in [0.717, 1.165) is 29.4 Å². The van der Waals surface area contributed by atoms with Gasteiger partial charge in [0.25, 0.3) is 0 Å². The zero-order chi connectivity index (χ0) is 10.7. The molecule has 0 spiro atoms. The van der Waals surface area contributed by atoms with Gasteiger partial charge in [-0.3, -0.25) is 9.97 Å². The summed E-state index contributed by atoms with van der Waals surface area (Å²) in [5, 5.41) is 0. The molecule has 2 N–H and O–H groups in total. The molecule has 1 unspecified atom stereocenters. The number of nitrogens with two attached hydrogens (primary N) is 1. The van der Waals surface area contributed by atoms with Crippen LogP contribution in [0.2, 0.25) is 0 Å². The summed E-state index contributed by atoms with van der Waals surface area (Å²) in [5.41, 5.74) is 9.05. The van der Waals surface area contributed by atoms with Gasteiger partial charge >= 0.3 is 0 Å². The summed E-state index contributed by atoms with van der Waals surface area (Å²) >= 11 is 0. The summed E-state index contributed by atoms with van der Waals surface area (Å²) in [6.45, 7) is 2.14. The first-order valence-corrected chi connectivity index (χ1v) is 5.28. The topological polar surface area (TPSA) is 51.8 Å². The number of aromatic nitrogens is 2. The van der Waals surface area contributed by atoms with Crippen LogP contribution in [0.3, 0.4) is 0 Å². The first kappa shape index (κ1) is 10.1. The van der Waals surface area contributed by atoms with Crippen molar-refractivity contribution in [3.63, 3.8) is 0 Å². The van der Waals surface area contributed by atoms with E-state index in [1.807, 2.05) is 18.2 Å². The normalized spacial score (nSPS) is 12.9. The van der Waals surface area contributed by atoms with Crippen molar-refractivity contribution < 1.29 is 0 Å². The third-order valence-corrected chi connectivity index (χ3v) is 2.53. The molecular weight excluding hydrogens is 186 g/mol. The molecule has 1 aromatic heterocycles. The highest BCUT2D eigenvalue weighted by Crippen LogP contribution is 2.22. The van der Waals surface area contributed by atoms with Crippen LogP contribution in [0.15, 0.2) is 30.6 Å². The van der Waals surface area contributed by atoms with E-state index in [-0.39, 0.29) is 6.04 Å². The monoisotopic (exact) mass is 201 g/mol. The molecule has 0 saturated carbocycles. The van der Waals surface area contributed by atoms with E-state index in [9.17, 15) is 0 Å². The van der Waals surface area contributed by atoms with Gasteiger partial charge in [0.05, 0.1) is 11.0 Å². The highest BCUT2D eigenvalue weighted by molar-refractivity contribution is 5.77. The minimum absolute atomic E-state index is 0.0652. The van der Waals surface area contributed by atoms with Crippen molar-refractivity contribution in [2.24, 2.45) is 5.73 Å². The Morgan fingerprint density at radius 1 is 1.27 bits per heavy atom. The Labute approximate surface area is 89.4 Å². The Balaban J connectivity index is 2.50. The zero-order valence-electron chi connectivity index (χ0n) is 8.85. The van der Waals surface area contributed by atoms with Crippen LogP contribution in [0.25, 0.3) is 11.0 Å². The molecule has 2 aromatic rings. The maximum atomic E-state index is 6.10. The summed E-state index contributed by atoms with van der Waals surface area (Å²) in [6.07, 6.45) is 5.48. The van der Waals surface area contributed by atoms with Gasteiger partial charge in [0, 0.05) is 18.4 Å². The second-order valence-electron chi connectivity index (χ2n) is 3.67. The van der Waals surface area contributed by atoms with Gasteiger partial charge in [-0.05, 0) is 18.1 Å². The van der Waals surface area contributed by atoms with Gasteiger partial charge in [0.15, 0.2) is 0 Å². The van der Waals surface area contributed by atoms with Crippen LogP contribution in [0.5, 0.6) is 0 Å². The molecule has 0 aliphatic heterocycles. The van der Waals surface area contributed by atoms with Gasteiger partial charge < -0.3 is 5.73 Å². The number of nitrogens with zero attached hydrogens (tertiary/aromatic N) is 2. The second kappa shape index (κ2) is 4.36. The predicted octanol–water partition coefficient (Wildman–Crippen LogP) is 2.43. The Morgan fingerprint density at radius 2 is 2.07 bits per heavy atom. The molecule has 15 heavy (non-hydrogen) atoms. The summed E-state index contributed by atoms with van der Waals surface area (Å²) in [4.78, 5) is 8.61. The van der Waals surface area contributed by atoms with Crippen molar-refractivity contribution >= 4 is 11.0 Å². The molecule has 1 atom stereocenters. The molecule has 78 valence electrons. The van der Waals surface area contributed by atoms with Crippen molar-refractivity contribution in [3.8, 4) is 0 Å². The molecule has 3 heteroatoms. The van der Waals surface area contributed by atoms with Gasteiger partial charge in [0.2, 0.25) is 0 Å². The first-order valence-electron chi connectivity index (χ1n) is 5.28. The average Bonchev–Trinajstić information content (AvgIpc) is 2.28. The fourth-order valence-electron chi connectivity index (χ4n) is 1.78. The van der Waals surface area contributed by atoms with Gasteiger partial charge in [-0.1, -0.05) is 25.5 Å². The molecular formula is C12H15N3. The van der Waals surface area contributed by atoms with Gasteiger partial charge in [-0.25, -0.2) is 0 Å². The predicted molar refractivity (Wildman–Crippen MR) is 61.4 cm³/mol. The van der Waals surface area contributed by atoms with E-state index in [1.54, 1.807) is 12.4 Å². The maximum absolute atomic E-state index is 6.10. The van der Waals surface area contributed by atoms with Crippen LogP contribution in [-0.4, -0.2) is 9.97 Å². The van der Waals surface area contributed by atoms with Crippen molar-refractivity contribution in [1.29, 1.82) is 0 Å². The van der Waals surface area contributed by atoms with Crippen LogP contribution in [-0.2, 0) is 0 Å². The molecule has 2 rings (SSSR count). The van der Waals surface area contributed by atoms with Crippen molar-refractivity contribution in [3.05, 3.63) is 36.2 Å². The maximum Gasteiger partial charge on any atom is 0.0934 e. The lowest BCUT2D eigenvalue weighted by atomic mass is 10.0. The lowest BCUT2D eigenvalue weighted by Gasteiger charge is -2.12. The Hall–Kier alpha value is -1.48. The summed E-state index contributed by atoms with van der Waals surface area (Å²) in [5.74, 6) is 0. The SMILES string of the molecule is CCCC(N)c1cccc2nccnc12. The lowest BCUT2D eigenvalue weighted by molar-refractivity contribution is 0.641. The van der Waals surface area contributed by atoms with Crippen molar-refractivity contribution in [2.45, 2.75) is 25.8 Å². The highest BCUT2D eigenvalue weighted by Gasteiger charge is 2.09. The molecule has 1 aromatic carbocycles. The molecule has 0 aliphatic carbocycles. The Bertz CT molecular complexity index is 448. The minimum atomic E-state index is 0.0652. The first-order chi connectivity index (χ1) is 7.33. The zero-order valence-corrected chi connectivity index (χ0v) is 8.85. The van der Waals surface area contributed by atoms with E-state index < -0.39 is 0 Å². The largest absolute Gasteiger partial charge is 0.324 e. The van der Waals surface area contributed by atoms with Crippen molar-refractivity contribution in [2.75, 3.05) is 0 Å². The molecule has 3 nitrogen and oxygen atoms in total. The number of fused-ring (bicyclic) bond motifs is 1. The molecule has 1 heterocycles. The fourth-order valence-corrected chi connectivity index (χ4v) is 1.78. The van der Waals surface area contributed by atoms with Gasteiger partial charge in [-0.15, -0.1) is 0 Å². The third-order valence-electron chi connectivity index (χ3n) is 2.53. The quantitative estimate of drug-likeness (QED) is 0.829. The summed E-state index contributed by atoms with van der Waals surface area (Å²) in [6, 6.07) is 6.05. The molecule has 0 bridgehead atoms. The van der Waals surface area contributed by atoms with Gasteiger partial charge in [0.1, 0.15) is 0 Å². The summed E-state index contributed by atoms with van der Waals surface area (Å²) in [7, 11) is 0. The van der Waals surface area contributed by atoms with E-state index in [2.05, 4.69) is 16.9 Å². The number of benzene rings is 1. The van der Waals surface area contributed by atoms with E-state index >= 15 is 0 Å². The standard InChI is InChI=1S/C12H15N3/c1-2-4-10(13)9-5-3-6-11-12(9)15-8-7-14-11/h3,5-8,10H,2,4,13H2,1H3. The third kappa shape index (κ3) is 1.97. The minimum Gasteiger partial charge on any atom is -0.324 e. The van der Waals surface area contributed by atoms with Crippen LogP contribution in [0.1, 0.15) is 31.4 Å². The number of hydrogen-bond acceptors (Lipinski definition) is 3. The molecule has 0 amide bonds. The second-order valence-corrected chi connectivity index (χ2v) is 3.67. The number of hydrogen-bond donors (Lipinski definition) is 1. The molecule has 0 radical (unpaired) electrons. The summed E-state index contributed by atoms with van der Waals surface area (Å²) < 4.78 is 0. The van der Waals surface area contributed by atoms with E-state index in [0.29, 0.717) is 0 Å². The molecule has 0 aliphatic rings. The van der Waals surface area contributed by atoms with Crippen LogP contribution in [0.4, 0.5) is 0 Å². The van der Waals surface area contributed by atoms with Crippen LogP contribution >= 0.6 is 0 Å². The van der Waals surface area contributed by atoms with Crippen LogP contribution < -0.4 is 5.73 Å².